The maximum atomic E-state index is 13.6. The highest BCUT2D eigenvalue weighted by Crippen LogP contribution is 2.61. The summed E-state index contributed by atoms with van der Waals surface area (Å²) in [4.78, 5) is 13.6. The van der Waals surface area contributed by atoms with E-state index in [4.69, 9.17) is 33.0 Å². The molecule has 5 nitrogen and oxygen atoms in total. The van der Waals surface area contributed by atoms with E-state index in [0.717, 1.165) is 34.1 Å². The lowest BCUT2D eigenvalue weighted by molar-refractivity contribution is -0.103. The molecule has 2 bridgehead atoms. The summed E-state index contributed by atoms with van der Waals surface area (Å²) in [7, 11) is 0. The molecule has 0 saturated heterocycles. The third-order valence-corrected chi connectivity index (χ3v) is 9.40. The third kappa shape index (κ3) is 3.83. The Bertz CT molecular complexity index is 1360. The average Bonchev–Trinajstić information content (AvgIpc) is 3.11. The standard InChI is InChI=1S/C29H31Cl2N3O2/c1-16-4-8-20-25(12-16)36-11-10-21-26(33-34(27(20)21)24-9-7-19(30)14-23(24)31)28(35)32-15-17-5-6-18-13-22(17)29(18,2)3/h4,7-9,12,14,17-18,22H,5-6,10-11,13,15H2,1-3H3,(H,32,35). The lowest BCUT2D eigenvalue weighted by Gasteiger charge is -2.60. The number of aryl methyl sites for hydroxylation is 1. The van der Waals surface area contributed by atoms with Gasteiger partial charge >= 0.3 is 0 Å². The number of ether oxygens (including phenoxy) is 1. The topological polar surface area (TPSA) is 56.1 Å². The molecule has 1 N–H and O–H groups in total. The van der Waals surface area contributed by atoms with Gasteiger partial charge in [-0.25, -0.2) is 4.68 Å². The van der Waals surface area contributed by atoms with E-state index in [1.165, 1.54) is 19.3 Å². The van der Waals surface area contributed by atoms with Crippen molar-refractivity contribution in [1.29, 1.82) is 0 Å². The number of carbonyl (C=O) groups excluding carboxylic acids is 1. The molecule has 7 heteroatoms. The van der Waals surface area contributed by atoms with E-state index in [9.17, 15) is 4.79 Å². The van der Waals surface area contributed by atoms with Crippen molar-refractivity contribution in [2.45, 2.75) is 46.5 Å². The molecule has 1 aliphatic heterocycles. The van der Waals surface area contributed by atoms with Crippen molar-refractivity contribution in [2.75, 3.05) is 13.2 Å². The van der Waals surface area contributed by atoms with Crippen molar-refractivity contribution < 1.29 is 9.53 Å². The van der Waals surface area contributed by atoms with Crippen LogP contribution in [0.4, 0.5) is 0 Å². The largest absolute Gasteiger partial charge is 0.493 e. The van der Waals surface area contributed by atoms with E-state index in [1.807, 2.05) is 25.1 Å². The van der Waals surface area contributed by atoms with Crippen molar-refractivity contribution in [3.63, 3.8) is 0 Å². The number of nitrogens with zero attached hydrogens (tertiary/aromatic N) is 2. The van der Waals surface area contributed by atoms with Crippen molar-refractivity contribution >= 4 is 29.1 Å². The van der Waals surface area contributed by atoms with Gasteiger partial charge in [0.05, 0.1) is 23.0 Å². The first-order valence-electron chi connectivity index (χ1n) is 12.8. The van der Waals surface area contributed by atoms with Gasteiger partial charge in [-0.2, -0.15) is 5.10 Å². The molecule has 3 unspecified atom stereocenters. The number of hydrogen-bond acceptors (Lipinski definition) is 3. The summed E-state index contributed by atoms with van der Waals surface area (Å²) in [6.45, 7) is 7.98. The van der Waals surface area contributed by atoms with Gasteiger partial charge in [-0.3, -0.25) is 4.79 Å². The molecule has 0 radical (unpaired) electrons. The Kier molecular flexibility index (Phi) is 5.84. The van der Waals surface area contributed by atoms with Crippen LogP contribution in [0, 0.1) is 30.1 Å². The Morgan fingerprint density at radius 2 is 2.03 bits per heavy atom. The van der Waals surface area contributed by atoms with E-state index in [-0.39, 0.29) is 5.91 Å². The van der Waals surface area contributed by atoms with Crippen molar-refractivity contribution in [1.82, 2.24) is 15.1 Å². The van der Waals surface area contributed by atoms with Gasteiger partial charge in [0.2, 0.25) is 0 Å². The molecular formula is C29H31Cl2N3O2. The van der Waals surface area contributed by atoms with Crippen LogP contribution in [0.2, 0.25) is 10.0 Å². The highest BCUT2D eigenvalue weighted by Gasteiger charge is 2.54. The van der Waals surface area contributed by atoms with Gasteiger partial charge in [0.25, 0.3) is 5.91 Å². The van der Waals surface area contributed by atoms with E-state index in [1.54, 1.807) is 16.8 Å². The predicted octanol–water partition coefficient (Wildman–Crippen LogP) is 6.89. The minimum absolute atomic E-state index is 0.134. The zero-order chi connectivity index (χ0) is 25.2. The van der Waals surface area contributed by atoms with Crippen molar-refractivity contribution in [3.05, 3.63) is 63.3 Å². The normalized spacial score (nSPS) is 23.5. The summed E-state index contributed by atoms with van der Waals surface area (Å²) in [5.74, 6) is 2.70. The van der Waals surface area contributed by atoms with Crippen LogP contribution in [-0.4, -0.2) is 28.8 Å². The lowest BCUT2D eigenvalue weighted by atomic mass is 9.45. The van der Waals surface area contributed by atoms with Crippen LogP contribution in [0.1, 0.15) is 54.7 Å². The minimum atomic E-state index is -0.134. The van der Waals surface area contributed by atoms with E-state index in [0.29, 0.717) is 58.2 Å². The van der Waals surface area contributed by atoms with Crippen LogP contribution in [0.5, 0.6) is 5.75 Å². The zero-order valence-corrected chi connectivity index (χ0v) is 22.4. The Hall–Kier alpha value is -2.50. The molecule has 3 aliphatic carbocycles. The first-order valence-corrected chi connectivity index (χ1v) is 13.6. The number of rotatable bonds is 4. The van der Waals surface area contributed by atoms with Crippen LogP contribution >= 0.6 is 23.2 Å². The molecule has 7 rings (SSSR count). The smallest absolute Gasteiger partial charge is 0.272 e. The maximum absolute atomic E-state index is 13.6. The molecule has 2 aromatic carbocycles. The quantitative estimate of drug-likeness (QED) is 0.404. The summed E-state index contributed by atoms with van der Waals surface area (Å²) >= 11 is 12.8. The molecule has 188 valence electrons. The number of aromatic nitrogens is 2. The highest BCUT2D eigenvalue weighted by atomic mass is 35.5. The second kappa shape index (κ2) is 8.81. The van der Waals surface area contributed by atoms with Gasteiger partial charge in [-0.05, 0) is 85.3 Å². The number of benzene rings is 2. The number of carbonyl (C=O) groups is 1. The molecule has 1 amide bonds. The first kappa shape index (κ1) is 23.9. The van der Waals surface area contributed by atoms with Crippen LogP contribution in [-0.2, 0) is 6.42 Å². The van der Waals surface area contributed by atoms with Crippen molar-refractivity contribution in [3.8, 4) is 22.7 Å². The predicted molar refractivity (Wildman–Crippen MR) is 143 cm³/mol. The maximum Gasteiger partial charge on any atom is 0.272 e. The minimum Gasteiger partial charge on any atom is -0.493 e. The monoisotopic (exact) mass is 523 g/mol. The average molecular weight is 524 g/mol. The number of halogens is 2. The Morgan fingerprint density at radius 1 is 1.19 bits per heavy atom. The van der Waals surface area contributed by atoms with E-state index in [2.05, 4.69) is 25.2 Å². The summed E-state index contributed by atoms with van der Waals surface area (Å²) in [5.41, 5.74) is 5.25. The fourth-order valence-electron chi connectivity index (χ4n) is 6.70. The fourth-order valence-corrected chi connectivity index (χ4v) is 7.18. The highest BCUT2D eigenvalue weighted by molar-refractivity contribution is 6.35. The first-order chi connectivity index (χ1) is 17.2. The molecule has 2 heterocycles. The summed E-state index contributed by atoms with van der Waals surface area (Å²) in [5, 5.41) is 9.13. The molecule has 0 spiro atoms. The zero-order valence-electron chi connectivity index (χ0n) is 20.9. The van der Waals surface area contributed by atoms with Crippen LogP contribution in [0.3, 0.4) is 0 Å². The van der Waals surface area contributed by atoms with E-state index >= 15 is 0 Å². The number of amides is 1. The van der Waals surface area contributed by atoms with E-state index < -0.39 is 0 Å². The van der Waals surface area contributed by atoms with Gasteiger partial charge in [0.15, 0.2) is 5.69 Å². The number of fused-ring (bicyclic) bond motifs is 5. The van der Waals surface area contributed by atoms with Gasteiger partial charge < -0.3 is 10.1 Å². The molecular weight excluding hydrogens is 493 g/mol. The molecule has 36 heavy (non-hydrogen) atoms. The van der Waals surface area contributed by atoms with Crippen LogP contribution < -0.4 is 10.1 Å². The second-order valence-electron chi connectivity index (χ2n) is 11.2. The summed E-state index contributed by atoms with van der Waals surface area (Å²) in [6, 6.07) is 11.4. The van der Waals surface area contributed by atoms with Gasteiger partial charge in [-0.1, -0.05) is 43.1 Å². The third-order valence-electron chi connectivity index (χ3n) is 8.86. The summed E-state index contributed by atoms with van der Waals surface area (Å²) in [6.07, 6.45) is 4.32. The molecule has 4 aliphatic rings. The number of hydrogen-bond donors (Lipinski definition) is 1. The van der Waals surface area contributed by atoms with Crippen LogP contribution in [0.25, 0.3) is 16.9 Å². The Morgan fingerprint density at radius 3 is 2.78 bits per heavy atom. The van der Waals surface area contributed by atoms with Gasteiger partial charge in [0, 0.05) is 29.1 Å². The Labute approximate surface area is 222 Å². The van der Waals surface area contributed by atoms with Crippen molar-refractivity contribution in [2.24, 2.45) is 23.2 Å². The molecule has 1 aromatic heterocycles. The molecule has 3 aromatic rings. The molecule has 3 fully saturated rings. The van der Waals surface area contributed by atoms with Gasteiger partial charge in [-0.15, -0.1) is 0 Å². The van der Waals surface area contributed by atoms with Gasteiger partial charge in [0.1, 0.15) is 5.75 Å². The van der Waals surface area contributed by atoms with Crippen LogP contribution in [0.15, 0.2) is 36.4 Å². The number of nitrogens with one attached hydrogen (secondary N) is 1. The molecule has 3 saturated carbocycles. The second-order valence-corrected chi connectivity index (χ2v) is 12.0. The Balaban J connectivity index is 1.39. The lowest BCUT2D eigenvalue weighted by Crippen LogP contribution is -2.54. The SMILES string of the molecule is Cc1ccc2c(c1)OCCc1c(C(=O)NCC3CCC4CC3C4(C)C)nn(-c3ccc(Cl)cc3Cl)c1-2. The fraction of sp³-hybridized carbons (Fsp3) is 0.448. The summed E-state index contributed by atoms with van der Waals surface area (Å²) < 4.78 is 7.90. The molecule has 3 atom stereocenters.